The molecule has 1 aliphatic carbocycles. The van der Waals surface area contributed by atoms with Crippen LogP contribution >= 0.6 is 0 Å². The van der Waals surface area contributed by atoms with Gasteiger partial charge in [-0.2, -0.15) is 4.98 Å². The Hall–Kier alpha value is -1.43. The maximum Gasteiger partial charge on any atom is 0.243 e. The van der Waals surface area contributed by atoms with Crippen LogP contribution < -0.4 is 5.32 Å². The van der Waals surface area contributed by atoms with Gasteiger partial charge in [0.2, 0.25) is 11.8 Å². The normalized spacial score (nSPS) is 26.0. The molecule has 3 atom stereocenters. The van der Waals surface area contributed by atoms with Gasteiger partial charge in [0.25, 0.3) is 0 Å². The van der Waals surface area contributed by atoms with Gasteiger partial charge in [-0.05, 0) is 32.1 Å². The lowest BCUT2D eigenvalue weighted by Crippen LogP contribution is -2.51. The van der Waals surface area contributed by atoms with E-state index in [-0.39, 0.29) is 12.0 Å². The second kappa shape index (κ2) is 7.21. The molecule has 1 saturated heterocycles. The number of hydrogen-bond acceptors (Lipinski definition) is 5. The van der Waals surface area contributed by atoms with Gasteiger partial charge in [-0.15, -0.1) is 0 Å². The van der Waals surface area contributed by atoms with Crippen LogP contribution in [0.15, 0.2) is 4.52 Å². The maximum atomic E-state index is 12.3. The van der Waals surface area contributed by atoms with Crippen molar-refractivity contribution >= 4 is 5.91 Å². The van der Waals surface area contributed by atoms with E-state index in [0.29, 0.717) is 29.7 Å². The molecule has 0 radical (unpaired) electrons. The summed E-state index contributed by atoms with van der Waals surface area (Å²) in [5.74, 6) is 2.86. The Morgan fingerprint density at radius 1 is 1.33 bits per heavy atom. The van der Waals surface area contributed by atoms with E-state index in [1.54, 1.807) is 0 Å². The number of piperidine rings is 1. The van der Waals surface area contributed by atoms with Gasteiger partial charge in [-0.3, -0.25) is 4.79 Å². The summed E-state index contributed by atoms with van der Waals surface area (Å²) in [6.45, 7) is 10.1. The lowest BCUT2D eigenvalue weighted by Gasteiger charge is -2.39. The fraction of sp³-hybridized carbons (Fsp3) is 0.833. The van der Waals surface area contributed by atoms with E-state index >= 15 is 0 Å². The van der Waals surface area contributed by atoms with Crippen LogP contribution in [0.2, 0.25) is 0 Å². The van der Waals surface area contributed by atoms with Gasteiger partial charge >= 0.3 is 0 Å². The summed E-state index contributed by atoms with van der Waals surface area (Å²) in [5, 5.41) is 7.71. The van der Waals surface area contributed by atoms with Crippen LogP contribution in [0.25, 0.3) is 0 Å². The van der Waals surface area contributed by atoms with Crippen LogP contribution in [0.3, 0.4) is 0 Å². The number of nitrogens with zero attached hydrogens (tertiary/aromatic N) is 3. The average molecular weight is 334 g/mol. The molecule has 1 aromatic rings. The second-order valence-corrected chi connectivity index (χ2v) is 7.66. The first kappa shape index (κ1) is 17.4. The van der Waals surface area contributed by atoms with E-state index in [0.717, 1.165) is 44.6 Å². The molecule has 1 aliphatic heterocycles. The third-order valence-corrected chi connectivity index (χ3v) is 5.30. The summed E-state index contributed by atoms with van der Waals surface area (Å²) in [6.07, 6.45) is 4.23. The topological polar surface area (TPSA) is 71.3 Å². The summed E-state index contributed by atoms with van der Waals surface area (Å²) in [4.78, 5) is 18.9. The second-order valence-electron chi connectivity index (χ2n) is 7.66. The zero-order valence-electron chi connectivity index (χ0n) is 15.3. The van der Waals surface area contributed by atoms with Gasteiger partial charge in [0, 0.05) is 31.0 Å². The zero-order valence-corrected chi connectivity index (χ0v) is 15.3. The number of hydrogen-bond donors (Lipinski definition) is 1. The number of aromatic nitrogens is 2. The van der Waals surface area contributed by atoms with Crippen molar-refractivity contribution in [1.29, 1.82) is 0 Å². The Morgan fingerprint density at radius 3 is 2.67 bits per heavy atom. The fourth-order valence-corrected chi connectivity index (χ4v) is 3.50. The molecule has 6 nitrogen and oxygen atoms in total. The molecule has 2 heterocycles. The Kier molecular flexibility index (Phi) is 5.23. The van der Waals surface area contributed by atoms with Crippen LogP contribution in [-0.2, 0) is 4.79 Å². The van der Waals surface area contributed by atoms with E-state index in [9.17, 15) is 4.79 Å². The lowest BCUT2D eigenvalue weighted by molar-refractivity contribution is -0.134. The summed E-state index contributed by atoms with van der Waals surface area (Å²) < 4.78 is 5.41. The van der Waals surface area contributed by atoms with Crippen LogP contribution in [0, 0.1) is 11.8 Å². The molecule has 2 fully saturated rings. The molecule has 1 N–H and O–H groups in total. The smallest absolute Gasteiger partial charge is 0.243 e. The third kappa shape index (κ3) is 3.79. The highest BCUT2D eigenvalue weighted by Gasteiger charge is 2.38. The molecule has 1 saturated carbocycles. The molecule has 24 heavy (non-hydrogen) atoms. The van der Waals surface area contributed by atoms with E-state index in [2.05, 4.69) is 48.1 Å². The van der Waals surface area contributed by atoms with Crippen molar-refractivity contribution in [1.82, 2.24) is 20.4 Å². The minimum Gasteiger partial charge on any atom is -0.342 e. The molecule has 0 bridgehead atoms. The van der Waals surface area contributed by atoms with E-state index in [1.165, 1.54) is 0 Å². The van der Waals surface area contributed by atoms with E-state index < -0.39 is 0 Å². The van der Waals surface area contributed by atoms with Gasteiger partial charge in [0.05, 0.1) is 6.04 Å². The SMILES string of the molecule is CC[C@@H]1CN(C(=O)C2CC2)CC[C@H]1N[C@H](C)c1nc(C(C)C)no1. The first-order chi connectivity index (χ1) is 11.5. The van der Waals surface area contributed by atoms with Gasteiger partial charge in [-0.1, -0.05) is 32.3 Å². The Labute approximate surface area is 144 Å². The minimum absolute atomic E-state index is 0.0368. The number of carbonyl (C=O) groups is 1. The van der Waals surface area contributed by atoms with Crippen molar-refractivity contribution in [3.8, 4) is 0 Å². The van der Waals surface area contributed by atoms with Crippen LogP contribution in [0.4, 0.5) is 0 Å². The largest absolute Gasteiger partial charge is 0.342 e. The average Bonchev–Trinajstić information content (AvgIpc) is 3.30. The lowest BCUT2D eigenvalue weighted by atomic mass is 9.89. The van der Waals surface area contributed by atoms with Crippen LogP contribution in [0.5, 0.6) is 0 Å². The molecule has 134 valence electrons. The quantitative estimate of drug-likeness (QED) is 0.866. The number of amides is 1. The zero-order chi connectivity index (χ0) is 17.3. The molecule has 1 amide bonds. The highest BCUT2D eigenvalue weighted by atomic mass is 16.5. The van der Waals surface area contributed by atoms with Crippen molar-refractivity contribution in [2.45, 2.75) is 71.4 Å². The first-order valence-corrected chi connectivity index (χ1v) is 9.37. The number of nitrogens with one attached hydrogen (secondary N) is 1. The molecule has 3 rings (SSSR count). The van der Waals surface area contributed by atoms with Crippen molar-refractivity contribution in [2.75, 3.05) is 13.1 Å². The molecule has 2 aliphatic rings. The van der Waals surface area contributed by atoms with Crippen molar-refractivity contribution < 1.29 is 9.32 Å². The summed E-state index contributed by atoms with van der Waals surface area (Å²) >= 11 is 0. The summed E-state index contributed by atoms with van der Waals surface area (Å²) in [6, 6.07) is 0.428. The molecule has 0 spiro atoms. The Morgan fingerprint density at radius 2 is 2.08 bits per heavy atom. The molecular formula is C18H30N4O2. The summed E-state index contributed by atoms with van der Waals surface area (Å²) in [7, 11) is 0. The maximum absolute atomic E-state index is 12.3. The summed E-state index contributed by atoms with van der Waals surface area (Å²) in [5.41, 5.74) is 0. The third-order valence-electron chi connectivity index (χ3n) is 5.30. The predicted molar refractivity (Wildman–Crippen MR) is 91.4 cm³/mol. The molecule has 1 aromatic heterocycles. The van der Waals surface area contributed by atoms with Crippen LogP contribution in [0.1, 0.15) is 77.1 Å². The van der Waals surface area contributed by atoms with E-state index in [1.807, 2.05) is 0 Å². The number of rotatable bonds is 6. The van der Waals surface area contributed by atoms with Crippen molar-refractivity contribution in [3.63, 3.8) is 0 Å². The highest BCUT2D eigenvalue weighted by Crippen LogP contribution is 2.33. The molecular weight excluding hydrogens is 304 g/mol. The molecule has 0 unspecified atom stereocenters. The van der Waals surface area contributed by atoms with Gasteiger partial charge < -0.3 is 14.7 Å². The number of carbonyl (C=O) groups excluding carboxylic acids is 1. The highest BCUT2D eigenvalue weighted by molar-refractivity contribution is 5.81. The van der Waals surface area contributed by atoms with Crippen molar-refractivity contribution in [3.05, 3.63) is 11.7 Å². The van der Waals surface area contributed by atoms with Gasteiger partial charge in [0.1, 0.15) is 0 Å². The van der Waals surface area contributed by atoms with Gasteiger partial charge in [-0.25, -0.2) is 0 Å². The Bertz CT molecular complexity index is 567. The van der Waals surface area contributed by atoms with Crippen molar-refractivity contribution in [2.24, 2.45) is 11.8 Å². The predicted octanol–water partition coefficient (Wildman–Crippen LogP) is 2.88. The first-order valence-electron chi connectivity index (χ1n) is 9.37. The fourth-order valence-electron chi connectivity index (χ4n) is 3.50. The molecule has 6 heteroatoms. The minimum atomic E-state index is 0.0368. The Balaban J connectivity index is 1.58. The van der Waals surface area contributed by atoms with Gasteiger partial charge in [0.15, 0.2) is 5.82 Å². The number of likely N-dealkylation sites (tertiary alicyclic amines) is 1. The standard InChI is InChI=1S/C18H30N4O2/c1-5-13-10-22(18(23)14-6-7-14)9-8-15(13)19-12(4)17-20-16(11(2)3)21-24-17/h11-15,19H,5-10H2,1-4H3/t12-,13-,15-/m1/s1. The molecule has 0 aromatic carbocycles. The monoisotopic (exact) mass is 334 g/mol. The van der Waals surface area contributed by atoms with Crippen LogP contribution in [-0.4, -0.2) is 40.1 Å². The van der Waals surface area contributed by atoms with E-state index in [4.69, 9.17) is 4.52 Å².